The van der Waals surface area contributed by atoms with Crippen LogP contribution in [-0.4, -0.2) is 34.3 Å². The summed E-state index contributed by atoms with van der Waals surface area (Å²) >= 11 is 0. The number of nitrogens with zero attached hydrogens (tertiary/aromatic N) is 1. The first-order valence-corrected chi connectivity index (χ1v) is 4.59. The Balaban J connectivity index is 2.68. The molecule has 1 aliphatic heterocycles. The Bertz CT molecular complexity index is 343. The maximum absolute atomic E-state index is 11.6. The van der Waals surface area contributed by atoms with Crippen molar-refractivity contribution in [3.05, 3.63) is 12.2 Å². The molecule has 1 N–H and O–H groups in total. The predicted molar refractivity (Wildman–Crippen MR) is 51.9 cm³/mol. The normalized spacial score (nSPS) is 20.3. The summed E-state index contributed by atoms with van der Waals surface area (Å²) in [4.78, 5) is 34.3. The third-order valence-electron chi connectivity index (χ3n) is 2.27. The first kappa shape index (κ1) is 11.4. The SMILES string of the molecule is CC1(C)CC(=O)N(CC=CC(=O)O)C1=O. The van der Waals surface area contributed by atoms with Crippen LogP contribution in [0, 0.1) is 5.41 Å². The average molecular weight is 211 g/mol. The lowest BCUT2D eigenvalue weighted by molar-refractivity contribution is -0.140. The summed E-state index contributed by atoms with van der Waals surface area (Å²) in [7, 11) is 0. The van der Waals surface area contributed by atoms with Crippen molar-refractivity contribution in [2.75, 3.05) is 6.54 Å². The first-order chi connectivity index (χ1) is 6.84. The molecule has 1 aliphatic rings. The van der Waals surface area contributed by atoms with Crippen molar-refractivity contribution >= 4 is 17.8 Å². The Morgan fingerprint density at radius 1 is 1.53 bits per heavy atom. The van der Waals surface area contributed by atoms with Crippen LogP contribution in [0.25, 0.3) is 0 Å². The molecule has 2 amide bonds. The van der Waals surface area contributed by atoms with Crippen molar-refractivity contribution in [1.29, 1.82) is 0 Å². The van der Waals surface area contributed by atoms with Crippen LogP contribution >= 0.6 is 0 Å². The molecule has 1 saturated heterocycles. The number of carbonyl (C=O) groups excluding carboxylic acids is 2. The molecular weight excluding hydrogens is 198 g/mol. The van der Waals surface area contributed by atoms with Gasteiger partial charge in [0, 0.05) is 19.0 Å². The number of imide groups is 1. The Morgan fingerprint density at radius 2 is 2.13 bits per heavy atom. The van der Waals surface area contributed by atoms with Gasteiger partial charge in [-0.05, 0) is 0 Å². The van der Waals surface area contributed by atoms with Gasteiger partial charge in [0.15, 0.2) is 0 Å². The second-order valence-electron chi connectivity index (χ2n) is 4.11. The number of aliphatic carboxylic acids is 1. The van der Waals surface area contributed by atoms with E-state index in [2.05, 4.69) is 0 Å². The van der Waals surface area contributed by atoms with Crippen molar-refractivity contribution in [3.8, 4) is 0 Å². The van der Waals surface area contributed by atoms with E-state index >= 15 is 0 Å². The molecule has 15 heavy (non-hydrogen) atoms. The minimum atomic E-state index is -1.09. The van der Waals surface area contributed by atoms with Crippen LogP contribution in [0.2, 0.25) is 0 Å². The second kappa shape index (κ2) is 3.84. The number of hydrogen-bond donors (Lipinski definition) is 1. The zero-order valence-corrected chi connectivity index (χ0v) is 8.69. The minimum absolute atomic E-state index is 0.0351. The van der Waals surface area contributed by atoms with E-state index in [1.807, 2.05) is 0 Å². The molecule has 0 radical (unpaired) electrons. The van der Waals surface area contributed by atoms with E-state index in [0.717, 1.165) is 11.0 Å². The molecular formula is C10H13NO4. The van der Waals surface area contributed by atoms with E-state index in [1.54, 1.807) is 13.8 Å². The zero-order valence-electron chi connectivity index (χ0n) is 8.69. The number of amides is 2. The van der Waals surface area contributed by atoms with Crippen LogP contribution in [0.1, 0.15) is 20.3 Å². The third kappa shape index (κ3) is 2.43. The summed E-state index contributed by atoms with van der Waals surface area (Å²) < 4.78 is 0. The molecule has 0 aromatic heterocycles. The van der Waals surface area contributed by atoms with Gasteiger partial charge in [-0.25, -0.2) is 4.79 Å². The lowest BCUT2D eigenvalue weighted by Crippen LogP contribution is -2.33. The Morgan fingerprint density at radius 3 is 2.53 bits per heavy atom. The molecule has 0 aromatic carbocycles. The Hall–Kier alpha value is -1.65. The van der Waals surface area contributed by atoms with Gasteiger partial charge in [-0.2, -0.15) is 0 Å². The number of likely N-dealkylation sites (tertiary alicyclic amines) is 1. The van der Waals surface area contributed by atoms with Crippen molar-refractivity contribution in [3.63, 3.8) is 0 Å². The molecule has 0 aromatic rings. The van der Waals surface area contributed by atoms with Crippen LogP contribution in [0.3, 0.4) is 0 Å². The number of carbonyl (C=O) groups is 3. The van der Waals surface area contributed by atoms with Crippen LogP contribution in [-0.2, 0) is 14.4 Å². The van der Waals surface area contributed by atoms with Gasteiger partial charge in [-0.1, -0.05) is 19.9 Å². The van der Waals surface area contributed by atoms with Crippen LogP contribution in [0.15, 0.2) is 12.2 Å². The van der Waals surface area contributed by atoms with E-state index in [9.17, 15) is 14.4 Å². The van der Waals surface area contributed by atoms with E-state index in [4.69, 9.17) is 5.11 Å². The van der Waals surface area contributed by atoms with E-state index < -0.39 is 11.4 Å². The molecule has 0 bridgehead atoms. The highest BCUT2D eigenvalue weighted by Gasteiger charge is 2.43. The number of rotatable bonds is 3. The van der Waals surface area contributed by atoms with Crippen LogP contribution in [0.5, 0.6) is 0 Å². The van der Waals surface area contributed by atoms with Gasteiger partial charge in [0.2, 0.25) is 11.8 Å². The smallest absolute Gasteiger partial charge is 0.328 e. The highest BCUT2D eigenvalue weighted by Crippen LogP contribution is 2.31. The van der Waals surface area contributed by atoms with Gasteiger partial charge >= 0.3 is 5.97 Å². The van der Waals surface area contributed by atoms with E-state index in [0.29, 0.717) is 0 Å². The summed E-state index contributed by atoms with van der Waals surface area (Å²) in [5, 5.41) is 8.35. The summed E-state index contributed by atoms with van der Waals surface area (Å²) in [6.07, 6.45) is 2.40. The maximum Gasteiger partial charge on any atom is 0.328 e. The fraction of sp³-hybridized carbons (Fsp3) is 0.500. The minimum Gasteiger partial charge on any atom is -0.478 e. The van der Waals surface area contributed by atoms with Gasteiger partial charge in [0.25, 0.3) is 0 Å². The van der Waals surface area contributed by atoms with Gasteiger partial charge in [-0.15, -0.1) is 0 Å². The monoisotopic (exact) mass is 211 g/mol. The van der Waals surface area contributed by atoms with Gasteiger partial charge in [-0.3, -0.25) is 14.5 Å². The van der Waals surface area contributed by atoms with Gasteiger partial charge in [0.05, 0.1) is 5.41 Å². The first-order valence-electron chi connectivity index (χ1n) is 4.59. The fourth-order valence-electron chi connectivity index (χ4n) is 1.47. The molecule has 1 fully saturated rings. The Labute approximate surface area is 87.4 Å². The number of carboxylic acid groups (broad SMARTS) is 1. The average Bonchev–Trinajstić information content (AvgIpc) is 2.26. The van der Waals surface area contributed by atoms with Crippen molar-refractivity contribution in [2.24, 2.45) is 5.41 Å². The van der Waals surface area contributed by atoms with Gasteiger partial charge < -0.3 is 5.11 Å². The summed E-state index contributed by atoms with van der Waals surface area (Å²) in [6.45, 7) is 3.44. The second-order valence-corrected chi connectivity index (χ2v) is 4.11. The van der Waals surface area contributed by atoms with Crippen molar-refractivity contribution in [1.82, 2.24) is 4.90 Å². The lowest BCUT2D eigenvalue weighted by atomic mass is 9.92. The fourth-order valence-corrected chi connectivity index (χ4v) is 1.47. The number of carboxylic acids is 1. The third-order valence-corrected chi connectivity index (χ3v) is 2.27. The highest BCUT2D eigenvalue weighted by atomic mass is 16.4. The molecule has 82 valence electrons. The zero-order chi connectivity index (χ0) is 11.6. The van der Waals surface area contributed by atoms with Gasteiger partial charge in [0.1, 0.15) is 0 Å². The standard InChI is InChI=1S/C10H13NO4/c1-10(2)6-7(12)11(9(10)15)5-3-4-8(13)14/h3-4H,5-6H2,1-2H3,(H,13,14). The molecule has 5 nitrogen and oxygen atoms in total. The van der Waals surface area contributed by atoms with Crippen molar-refractivity contribution in [2.45, 2.75) is 20.3 Å². The predicted octanol–water partition coefficient (Wildman–Crippen LogP) is 0.412. The maximum atomic E-state index is 11.6. The highest BCUT2D eigenvalue weighted by molar-refractivity contribution is 6.05. The summed E-state index contributed by atoms with van der Waals surface area (Å²) in [5.41, 5.74) is -0.659. The molecule has 1 rings (SSSR count). The molecule has 0 aliphatic carbocycles. The largest absolute Gasteiger partial charge is 0.478 e. The summed E-state index contributed by atoms with van der Waals surface area (Å²) in [5.74, 6) is -1.59. The summed E-state index contributed by atoms with van der Waals surface area (Å²) in [6, 6.07) is 0. The lowest BCUT2D eigenvalue weighted by Gasteiger charge is -2.15. The molecule has 5 heteroatoms. The van der Waals surface area contributed by atoms with E-state index in [1.165, 1.54) is 6.08 Å². The van der Waals surface area contributed by atoms with Crippen LogP contribution < -0.4 is 0 Å². The molecule has 1 heterocycles. The van der Waals surface area contributed by atoms with Crippen molar-refractivity contribution < 1.29 is 19.5 Å². The van der Waals surface area contributed by atoms with Crippen LogP contribution in [0.4, 0.5) is 0 Å². The topological polar surface area (TPSA) is 74.7 Å². The molecule has 0 atom stereocenters. The quantitative estimate of drug-likeness (QED) is 0.542. The number of hydrogen-bond acceptors (Lipinski definition) is 3. The molecule has 0 unspecified atom stereocenters. The Kier molecular flexibility index (Phi) is 2.93. The van der Waals surface area contributed by atoms with E-state index in [-0.39, 0.29) is 24.8 Å². The molecule has 0 spiro atoms. The molecule has 0 saturated carbocycles.